The van der Waals surface area contributed by atoms with Gasteiger partial charge >= 0.3 is 0 Å². The SMILES string of the molecule is Cc1nc(Nc2cccc(F)c2)cc(Nc2ccccc2F)n1. The number of hydrogen-bond acceptors (Lipinski definition) is 4. The lowest BCUT2D eigenvalue weighted by Gasteiger charge is -2.10. The van der Waals surface area contributed by atoms with Crippen LogP contribution in [0.4, 0.5) is 31.8 Å². The molecule has 0 spiro atoms. The summed E-state index contributed by atoms with van der Waals surface area (Å²) < 4.78 is 26.9. The van der Waals surface area contributed by atoms with E-state index < -0.39 is 0 Å². The van der Waals surface area contributed by atoms with Crippen molar-refractivity contribution in [1.82, 2.24) is 9.97 Å². The van der Waals surface area contributed by atoms with Gasteiger partial charge in [-0.3, -0.25) is 0 Å². The normalized spacial score (nSPS) is 10.4. The van der Waals surface area contributed by atoms with Crippen molar-refractivity contribution in [2.24, 2.45) is 0 Å². The maximum absolute atomic E-state index is 13.7. The summed E-state index contributed by atoms with van der Waals surface area (Å²) in [6.07, 6.45) is 0. The monoisotopic (exact) mass is 312 g/mol. The van der Waals surface area contributed by atoms with Crippen LogP contribution in [-0.2, 0) is 0 Å². The number of nitrogens with one attached hydrogen (secondary N) is 2. The second-order valence-corrected chi connectivity index (χ2v) is 4.93. The molecule has 23 heavy (non-hydrogen) atoms. The van der Waals surface area contributed by atoms with Crippen LogP contribution in [0.1, 0.15) is 5.82 Å². The molecule has 0 saturated heterocycles. The van der Waals surface area contributed by atoms with Gasteiger partial charge in [-0.05, 0) is 37.3 Å². The minimum absolute atomic E-state index is 0.322. The van der Waals surface area contributed by atoms with Crippen LogP contribution in [-0.4, -0.2) is 9.97 Å². The number of hydrogen-bond donors (Lipinski definition) is 2. The summed E-state index contributed by atoms with van der Waals surface area (Å²) in [5.74, 6) is 0.725. The van der Waals surface area contributed by atoms with Crippen molar-refractivity contribution >= 4 is 23.0 Å². The molecule has 0 atom stereocenters. The van der Waals surface area contributed by atoms with Crippen LogP contribution in [0.5, 0.6) is 0 Å². The van der Waals surface area contributed by atoms with Crippen LogP contribution in [0.25, 0.3) is 0 Å². The van der Waals surface area contributed by atoms with Crippen LogP contribution in [0.2, 0.25) is 0 Å². The summed E-state index contributed by atoms with van der Waals surface area (Å²) in [6.45, 7) is 1.73. The Morgan fingerprint density at radius 1 is 0.826 bits per heavy atom. The third kappa shape index (κ3) is 3.79. The van der Waals surface area contributed by atoms with Crippen molar-refractivity contribution in [2.45, 2.75) is 6.92 Å². The fraction of sp³-hybridized carbons (Fsp3) is 0.0588. The van der Waals surface area contributed by atoms with Gasteiger partial charge in [0.05, 0.1) is 5.69 Å². The highest BCUT2D eigenvalue weighted by atomic mass is 19.1. The number of rotatable bonds is 4. The van der Waals surface area contributed by atoms with Gasteiger partial charge in [-0.25, -0.2) is 18.7 Å². The highest BCUT2D eigenvalue weighted by Gasteiger charge is 2.06. The van der Waals surface area contributed by atoms with E-state index in [1.165, 1.54) is 18.2 Å². The standard InChI is InChI=1S/C17H14F2N4/c1-11-20-16(22-13-6-4-5-12(18)9-13)10-17(21-11)23-15-8-3-2-7-14(15)19/h2-10H,1H3,(H2,20,21,22,23). The number of nitrogens with zero attached hydrogens (tertiary/aromatic N) is 2. The van der Waals surface area contributed by atoms with Gasteiger partial charge in [-0.2, -0.15) is 0 Å². The van der Waals surface area contributed by atoms with Crippen molar-refractivity contribution in [3.8, 4) is 0 Å². The molecule has 116 valence electrons. The molecule has 4 nitrogen and oxygen atoms in total. The van der Waals surface area contributed by atoms with Gasteiger partial charge < -0.3 is 10.6 Å². The van der Waals surface area contributed by atoms with Crippen molar-refractivity contribution in [2.75, 3.05) is 10.6 Å². The summed E-state index contributed by atoms with van der Waals surface area (Å²) in [6, 6.07) is 14.0. The summed E-state index contributed by atoms with van der Waals surface area (Å²) >= 11 is 0. The average molecular weight is 312 g/mol. The quantitative estimate of drug-likeness (QED) is 0.742. The van der Waals surface area contributed by atoms with Crippen molar-refractivity contribution in [1.29, 1.82) is 0 Å². The van der Waals surface area contributed by atoms with E-state index in [9.17, 15) is 8.78 Å². The Bertz CT molecular complexity index is 836. The number of aryl methyl sites for hydroxylation is 1. The van der Waals surface area contributed by atoms with E-state index >= 15 is 0 Å². The molecule has 0 radical (unpaired) electrons. The zero-order valence-corrected chi connectivity index (χ0v) is 12.3. The Balaban J connectivity index is 1.86. The number of para-hydroxylation sites is 1. The van der Waals surface area contributed by atoms with E-state index in [0.717, 1.165) is 0 Å². The van der Waals surface area contributed by atoms with Crippen molar-refractivity contribution in [3.63, 3.8) is 0 Å². The third-order valence-electron chi connectivity index (χ3n) is 3.07. The van der Waals surface area contributed by atoms with Gasteiger partial charge in [0, 0.05) is 11.8 Å². The molecule has 3 aromatic rings. The zero-order chi connectivity index (χ0) is 16.2. The molecule has 0 amide bonds. The smallest absolute Gasteiger partial charge is 0.146 e. The summed E-state index contributed by atoms with van der Waals surface area (Å²) in [7, 11) is 0. The van der Waals surface area contributed by atoms with Crippen molar-refractivity contribution < 1.29 is 8.78 Å². The van der Waals surface area contributed by atoms with Crippen LogP contribution in [0.15, 0.2) is 54.6 Å². The molecule has 0 unspecified atom stereocenters. The predicted molar refractivity (Wildman–Crippen MR) is 86.1 cm³/mol. The molecule has 2 aromatic carbocycles. The Hall–Kier alpha value is -3.02. The minimum Gasteiger partial charge on any atom is -0.340 e. The first-order chi connectivity index (χ1) is 11.1. The van der Waals surface area contributed by atoms with Crippen molar-refractivity contribution in [3.05, 3.63) is 72.1 Å². The molecule has 3 rings (SSSR count). The predicted octanol–water partition coefficient (Wildman–Crippen LogP) is 4.55. The van der Waals surface area contributed by atoms with Crippen LogP contribution in [0, 0.1) is 18.6 Å². The highest BCUT2D eigenvalue weighted by Crippen LogP contribution is 2.22. The molecule has 1 heterocycles. The number of anilines is 4. The first kappa shape index (κ1) is 14.9. The molecule has 0 fully saturated rings. The molecule has 1 aromatic heterocycles. The van der Waals surface area contributed by atoms with Gasteiger partial charge in [0.25, 0.3) is 0 Å². The molecular weight excluding hydrogens is 298 g/mol. The number of aromatic nitrogens is 2. The van der Waals surface area contributed by atoms with Crippen LogP contribution in [0.3, 0.4) is 0 Å². The molecule has 2 N–H and O–H groups in total. The lowest BCUT2D eigenvalue weighted by Crippen LogP contribution is -2.02. The number of benzene rings is 2. The second-order valence-electron chi connectivity index (χ2n) is 4.93. The highest BCUT2D eigenvalue weighted by molar-refractivity contribution is 5.63. The summed E-state index contributed by atoms with van der Waals surface area (Å²) in [5.41, 5.74) is 0.891. The van der Waals surface area contributed by atoms with Gasteiger partial charge in [0.2, 0.25) is 0 Å². The maximum Gasteiger partial charge on any atom is 0.146 e. The molecule has 0 aliphatic rings. The topological polar surface area (TPSA) is 49.8 Å². The molecule has 0 bridgehead atoms. The average Bonchev–Trinajstić information content (AvgIpc) is 2.49. The third-order valence-corrected chi connectivity index (χ3v) is 3.07. The van der Waals surface area contributed by atoms with Gasteiger partial charge in [-0.1, -0.05) is 18.2 Å². The molecule has 6 heteroatoms. The van der Waals surface area contributed by atoms with E-state index in [-0.39, 0.29) is 11.6 Å². The van der Waals surface area contributed by atoms with Crippen LogP contribution >= 0.6 is 0 Å². The van der Waals surface area contributed by atoms with Gasteiger partial charge in [0.15, 0.2) is 0 Å². The Morgan fingerprint density at radius 2 is 1.57 bits per heavy atom. The van der Waals surface area contributed by atoms with Gasteiger partial charge in [-0.15, -0.1) is 0 Å². The first-order valence-corrected chi connectivity index (χ1v) is 7.00. The summed E-state index contributed by atoms with van der Waals surface area (Å²) in [4.78, 5) is 8.47. The first-order valence-electron chi connectivity index (χ1n) is 7.00. The second kappa shape index (κ2) is 6.39. The van der Waals surface area contributed by atoms with Crippen LogP contribution < -0.4 is 10.6 Å². The van der Waals surface area contributed by atoms with E-state index in [1.54, 1.807) is 43.3 Å². The molecule has 0 aliphatic heterocycles. The Labute approximate surface area is 132 Å². The zero-order valence-electron chi connectivity index (χ0n) is 12.3. The minimum atomic E-state index is -0.372. The van der Waals surface area contributed by atoms with Gasteiger partial charge in [0.1, 0.15) is 29.1 Å². The van der Waals surface area contributed by atoms with E-state index in [2.05, 4.69) is 20.6 Å². The molecule has 0 saturated carbocycles. The largest absolute Gasteiger partial charge is 0.340 e. The Kier molecular flexibility index (Phi) is 4.14. The summed E-state index contributed by atoms with van der Waals surface area (Å²) in [5, 5.41) is 5.91. The molecular formula is C17H14F2N4. The number of halogens is 2. The van der Waals surface area contributed by atoms with E-state index in [0.29, 0.717) is 28.8 Å². The Morgan fingerprint density at radius 3 is 2.30 bits per heavy atom. The lowest BCUT2D eigenvalue weighted by molar-refractivity contribution is 0.628. The molecule has 0 aliphatic carbocycles. The maximum atomic E-state index is 13.7. The van der Waals surface area contributed by atoms with E-state index in [1.807, 2.05) is 0 Å². The fourth-order valence-electron chi connectivity index (χ4n) is 2.11. The lowest BCUT2D eigenvalue weighted by atomic mass is 10.3. The van der Waals surface area contributed by atoms with E-state index in [4.69, 9.17) is 0 Å². The fourth-order valence-corrected chi connectivity index (χ4v) is 2.11.